The third kappa shape index (κ3) is 9.49. The summed E-state index contributed by atoms with van der Waals surface area (Å²) < 4.78 is 9.04. The lowest BCUT2D eigenvalue weighted by molar-refractivity contribution is 0.245. The highest BCUT2D eigenvalue weighted by molar-refractivity contribution is 6.77. The van der Waals surface area contributed by atoms with Crippen LogP contribution in [-0.2, 0) is 4.43 Å². The predicted molar refractivity (Wildman–Crippen MR) is 124 cm³/mol. The van der Waals surface area contributed by atoms with Crippen LogP contribution in [0.5, 0.6) is 0 Å². The minimum absolute atomic E-state index is 0.878. The lowest BCUT2D eigenvalue weighted by Crippen LogP contribution is -2.55. The van der Waals surface area contributed by atoms with E-state index in [-0.39, 0.29) is 0 Å². The second kappa shape index (κ2) is 14.3. The van der Waals surface area contributed by atoms with E-state index in [2.05, 4.69) is 64.1 Å². The van der Waals surface area contributed by atoms with Crippen LogP contribution in [-0.4, -0.2) is 65.3 Å². The molecule has 0 fully saturated rings. The Kier molecular flexibility index (Phi) is 14.5. The molecule has 0 aromatic heterocycles. The Balaban J connectivity index is 4.94. The van der Waals surface area contributed by atoms with Crippen molar-refractivity contribution in [2.45, 2.75) is 98.1 Å². The van der Waals surface area contributed by atoms with Crippen molar-refractivity contribution in [3.8, 4) is 0 Å². The first-order chi connectivity index (χ1) is 12.3. The van der Waals surface area contributed by atoms with Gasteiger partial charge in [-0.05, 0) is 83.1 Å². The standard InChI is InChI=1S/C21H50N2OSi2/c1-9-16-22(17-10-2)19-20-23(26(12-4,13-5)14-6)18-15-21-25(7,8)24-11-3/h9-21H2,1-8H3. The molecule has 0 radical (unpaired) electrons. The topological polar surface area (TPSA) is 15.7 Å². The zero-order chi connectivity index (χ0) is 20.1. The van der Waals surface area contributed by atoms with Crippen molar-refractivity contribution in [2.75, 3.05) is 39.3 Å². The predicted octanol–water partition coefficient (Wildman–Crippen LogP) is 6.05. The first kappa shape index (κ1) is 26.3. The minimum Gasteiger partial charge on any atom is -0.418 e. The molecule has 26 heavy (non-hydrogen) atoms. The maximum absolute atomic E-state index is 6.06. The number of hydrogen-bond donors (Lipinski definition) is 0. The van der Waals surface area contributed by atoms with Crippen LogP contribution in [0.25, 0.3) is 0 Å². The molecule has 0 aliphatic rings. The van der Waals surface area contributed by atoms with Gasteiger partial charge < -0.3 is 13.9 Å². The molecule has 0 N–H and O–H groups in total. The van der Waals surface area contributed by atoms with E-state index in [1.807, 2.05) is 0 Å². The van der Waals surface area contributed by atoms with Crippen molar-refractivity contribution in [1.82, 2.24) is 9.47 Å². The Morgan fingerprint density at radius 2 is 1.23 bits per heavy atom. The van der Waals surface area contributed by atoms with Crippen molar-refractivity contribution < 1.29 is 4.43 Å². The average molecular weight is 403 g/mol. The molecule has 0 aliphatic heterocycles. The SMILES string of the molecule is CCCN(CCC)CCN(CCC[Si](C)(C)OCC)[Si](CC)(CC)CC. The summed E-state index contributed by atoms with van der Waals surface area (Å²) in [4.78, 5) is 2.69. The normalized spacial score (nSPS) is 13.2. The summed E-state index contributed by atoms with van der Waals surface area (Å²) in [5.41, 5.74) is 0. The van der Waals surface area contributed by atoms with Crippen LogP contribution in [0.2, 0.25) is 37.3 Å². The highest BCUT2D eigenvalue weighted by atomic mass is 28.4. The molecule has 0 bridgehead atoms. The number of rotatable bonds is 17. The van der Waals surface area contributed by atoms with E-state index in [0.717, 1.165) is 6.61 Å². The van der Waals surface area contributed by atoms with E-state index < -0.39 is 16.6 Å². The Bertz CT molecular complexity index is 322. The Labute approximate surface area is 168 Å². The van der Waals surface area contributed by atoms with Gasteiger partial charge in [-0.1, -0.05) is 34.6 Å². The first-order valence-corrected chi connectivity index (χ1v) is 17.1. The van der Waals surface area contributed by atoms with Gasteiger partial charge in [-0.2, -0.15) is 0 Å². The lowest BCUT2D eigenvalue weighted by atomic mass is 10.3. The van der Waals surface area contributed by atoms with Crippen molar-refractivity contribution in [3.05, 3.63) is 0 Å². The van der Waals surface area contributed by atoms with Gasteiger partial charge in [-0.3, -0.25) is 0 Å². The van der Waals surface area contributed by atoms with Crippen LogP contribution in [0.3, 0.4) is 0 Å². The van der Waals surface area contributed by atoms with Gasteiger partial charge in [0.15, 0.2) is 8.32 Å². The molecule has 3 nitrogen and oxygen atoms in total. The lowest BCUT2D eigenvalue weighted by Gasteiger charge is -2.42. The van der Waals surface area contributed by atoms with E-state index in [4.69, 9.17) is 4.43 Å². The van der Waals surface area contributed by atoms with Crippen molar-refractivity contribution in [2.24, 2.45) is 0 Å². The quantitative estimate of drug-likeness (QED) is 0.275. The van der Waals surface area contributed by atoms with E-state index in [0.29, 0.717) is 0 Å². The molecule has 0 heterocycles. The van der Waals surface area contributed by atoms with Crippen LogP contribution in [0.15, 0.2) is 0 Å². The molecular formula is C21H50N2OSi2. The van der Waals surface area contributed by atoms with Crippen LogP contribution in [0, 0.1) is 0 Å². The van der Waals surface area contributed by atoms with E-state index >= 15 is 0 Å². The highest BCUT2D eigenvalue weighted by Crippen LogP contribution is 2.26. The molecule has 0 atom stereocenters. The smallest absolute Gasteiger partial charge is 0.186 e. The maximum atomic E-state index is 6.06. The van der Waals surface area contributed by atoms with Crippen LogP contribution >= 0.6 is 0 Å². The van der Waals surface area contributed by atoms with Crippen LogP contribution in [0.1, 0.15) is 60.8 Å². The monoisotopic (exact) mass is 402 g/mol. The summed E-state index contributed by atoms with van der Waals surface area (Å²) in [5, 5.41) is 0. The first-order valence-electron chi connectivity index (χ1n) is 11.5. The summed E-state index contributed by atoms with van der Waals surface area (Å²) in [6, 6.07) is 5.49. The van der Waals surface area contributed by atoms with Crippen LogP contribution in [0.4, 0.5) is 0 Å². The second-order valence-corrected chi connectivity index (χ2v) is 17.9. The van der Waals surface area contributed by atoms with Gasteiger partial charge in [-0.25, -0.2) is 0 Å². The average Bonchev–Trinajstić information content (AvgIpc) is 2.60. The van der Waals surface area contributed by atoms with E-state index in [1.54, 1.807) is 0 Å². The van der Waals surface area contributed by atoms with Gasteiger partial charge in [0.2, 0.25) is 0 Å². The van der Waals surface area contributed by atoms with Gasteiger partial charge in [0.1, 0.15) is 8.24 Å². The summed E-state index contributed by atoms with van der Waals surface area (Å²) >= 11 is 0. The van der Waals surface area contributed by atoms with Crippen molar-refractivity contribution in [1.29, 1.82) is 0 Å². The van der Waals surface area contributed by atoms with Crippen molar-refractivity contribution >= 4 is 16.6 Å². The molecule has 0 aliphatic carbocycles. The largest absolute Gasteiger partial charge is 0.418 e. The van der Waals surface area contributed by atoms with Crippen LogP contribution < -0.4 is 0 Å². The third-order valence-corrected chi connectivity index (χ3v) is 14.5. The van der Waals surface area contributed by atoms with E-state index in [1.165, 1.54) is 76.2 Å². The zero-order valence-corrected chi connectivity index (χ0v) is 21.5. The molecule has 0 saturated carbocycles. The van der Waals surface area contributed by atoms with Crippen molar-refractivity contribution in [3.63, 3.8) is 0 Å². The summed E-state index contributed by atoms with van der Waals surface area (Å²) in [6.07, 6.45) is 3.85. The number of hydrogen-bond acceptors (Lipinski definition) is 3. The molecule has 158 valence electrons. The molecule has 0 rings (SSSR count). The fourth-order valence-electron chi connectivity index (χ4n) is 4.40. The summed E-state index contributed by atoms with van der Waals surface area (Å²) in [6.45, 7) is 26.1. The Morgan fingerprint density at radius 3 is 1.65 bits per heavy atom. The molecule has 0 aromatic carbocycles. The Hall–Kier alpha value is 0.314. The van der Waals surface area contributed by atoms with Gasteiger partial charge in [0.05, 0.1) is 0 Å². The molecule has 0 unspecified atom stereocenters. The zero-order valence-electron chi connectivity index (χ0n) is 19.5. The summed E-state index contributed by atoms with van der Waals surface area (Å²) in [5.74, 6) is 0. The minimum atomic E-state index is -1.45. The molecule has 0 saturated heterocycles. The van der Waals surface area contributed by atoms with Gasteiger partial charge in [0.25, 0.3) is 0 Å². The molecular weight excluding hydrogens is 352 g/mol. The fraction of sp³-hybridized carbons (Fsp3) is 1.00. The highest BCUT2D eigenvalue weighted by Gasteiger charge is 2.34. The van der Waals surface area contributed by atoms with Gasteiger partial charge >= 0.3 is 0 Å². The van der Waals surface area contributed by atoms with Gasteiger partial charge in [-0.15, -0.1) is 0 Å². The number of nitrogens with zero attached hydrogens (tertiary/aromatic N) is 2. The molecule has 0 amide bonds. The van der Waals surface area contributed by atoms with E-state index in [9.17, 15) is 0 Å². The molecule has 5 heteroatoms. The molecule has 0 aromatic rings. The maximum Gasteiger partial charge on any atom is 0.186 e. The Morgan fingerprint density at radius 1 is 0.692 bits per heavy atom. The van der Waals surface area contributed by atoms with Gasteiger partial charge in [0, 0.05) is 19.7 Å². The second-order valence-electron chi connectivity index (χ2n) is 8.41. The molecule has 0 spiro atoms. The third-order valence-electron chi connectivity index (χ3n) is 6.15. The summed E-state index contributed by atoms with van der Waals surface area (Å²) in [7, 11) is -2.74. The fourth-order valence-corrected chi connectivity index (χ4v) is 10.4.